The molecule has 1 amide bonds. The van der Waals surface area contributed by atoms with Crippen molar-refractivity contribution in [3.8, 4) is 11.8 Å². The number of nitrogens with zero attached hydrogens (tertiary/aromatic N) is 5. The van der Waals surface area contributed by atoms with Crippen molar-refractivity contribution >= 4 is 5.91 Å². The van der Waals surface area contributed by atoms with E-state index < -0.39 is 0 Å². The molecule has 130 valence electrons. The van der Waals surface area contributed by atoms with Gasteiger partial charge in [0.25, 0.3) is 5.91 Å². The molecular formula is C20H19N5O. The number of rotatable bonds is 6. The Morgan fingerprint density at radius 3 is 2.54 bits per heavy atom. The van der Waals surface area contributed by atoms with Gasteiger partial charge >= 0.3 is 0 Å². The Morgan fingerprint density at radius 1 is 1.15 bits per heavy atom. The van der Waals surface area contributed by atoms with E-state index in [0.717, 1.165) is 17.7 Å². The first-order chi connectivity index (χ1) is 12.7. The molecule has 6 heteroatoms. The highest BCUT2D eigenvalue weighted by Crippen LogP contribution is 2.12. The Kier molecular flexibility index (Phi) is 5.40. The van der Waals surface area contributed by atoms with Crippen LogP contribution in [-0.4, -0.2) is 32.3 Å². The lowest BCUT2D eigenvalue weighted by Gasteiger charge is -2.21. The molecule has 3 rings (SSSR count). The van der Waals surface area contributed by atoms with Gasteiger partial charge in [-0.3, -0.25) is 4.79 Å². The van der Waals surface area contributed by atoms with Crippen molar-refractivity contribution in [1.82, 2.24) is 19.9 Å². The molecule has 1 aromatic heterocycles. The van der Waals surface area contributed by atoms with Gasteiger partial charge in [0, 0.05) is 13.1 Å². The maximum absolute atomic E-state index is 12.9. The van der Waals surface area contributed by atoms with Gasteiger partial charge in [0.2, 0.25) is 0 Å². The zero-order chi connectivity index (χ0) is 18.4. The van der Waals surface area contributed by atoms with Crippen molar-refractivity contribution in [2.75, 3.05) is 6.54 Å². The average molecular weight is 345 g/mol. The molecular weight excluding hydrogens is 326 g/mol. The molecule has 0 saturated heterocycles. The van der Waals surface area contributed by atoms with Crippen LogP contribution in [-0.2, 0) is 6.54 Å². The minimum atomic E-state index is -0.154. The fraction of sp³-hybridized carbons (Fsp3) is 0.200. The van der Waals surface area contributed by atoms with Gasteiger partial charge in [-0.15, -0.1) is 5.10 Å². The largest absolute Gasteiger partial charge is 0.333 e. The van der Waals surface area contributed by atoms with Gasteiger partial charge in [-0.2, -0.15) is 15.2 Å². The zero-order valence-electron chi connectivity index (χ0n) is 14.5. The third-order valence-electron chi connectivity index (χ3n) is 3.94. The van der Waals surface area contributed by atoms with E-state index in [4.69, 9.17) is 5.26 Å². The van der Waals surface area contributed by atoms with E-state index >= 15 is 0 Å². The van der Waals surface area contributed by atoms with E-state index in [1.807, 2.05) is 49.4 Å². The van der Waals surface area contributed by atoms with E-state index in [9.17, 15) is 4.79 Å². The number of para-hydroxylation sites is 1. The summed E-state index contributed by atoms with van der Waals surface area (Å²) in [6.45, 7) is 3.12. The van der Waals surface area contributed by atoms with Gasteiger partial charge in [-0.25, -0.2) is 0 Å². The highest BCUT2D eigenvalue weighted by Gasteiger charge is 2.19. The number of hydrogen-bond acceptors (Lipinski definition) is 4. The minimum Gasteiger partial charge on any atom is -0.333 e. The second kappa shape index (κ2) is 8.08. The SMILES string of the molecule is CCCN(Cc1ccc(C#N)cc1)C(=O)c1cnn(-c2ccccc2)n1. The van der Waals surface area contributed by atoms with Gasteiger partial charge < -0.3 is 4.90 Å². The average Bonchev–Trinajstić information content (AvgIpc) is 3.18. The standard InChI is InChI=1S/C20H19N5O/c1-2-12-24(15-17-10-8-16(13-21)9-11-17)20(26)19-14-22-25(23-19)18-6-4-3-5-7-18/h3-11,14H,2,12,15H2,1H3. The smallest absolute Gasteiger partial charge is 0.276 e. The molecule has 0 spiro atoms. The predicted molar refractivity (Wildman–Crippen MR) is 97.5 cm³/mol. The number of carbonyl (C=O) groups is 1. The monoisotopic (exact) mass is 345 g/mol. The van der Waals surface area contributed by atoms with Crippen LogP contribution in [0.5, 0.6) is 0 Å². The topological polar surface area (TPSA) is 74.8 Å². The van der Waals surface area contributed by atoms with Crippen molar-refractivity contribution in [2.24, 2.45) is 0 Å². The summed E-state index contributed by atoms with van der Waals surface area (Å²) in [5, 5.41) is 17.4. The van der Waals surface area contributed by atoms with Crippen LogP contribution in [0.3, 0.4) is 0 Å². The Labute approximate surface area is 152 Å². The molecule has 0 saturated carbocycles. The van der Waals surface area contributed by atoms with Crippen molar-refractivity contribution in [3.63, 3.8) is 0 Å². The van der Waals surface area contributed by atoms with Gasteiger partial charge in [0.15, 0.2) is 5.69 Å². The summed E-state index contributed by atoms with van der Waals surface area (Å²) in [6.07, 6.45) is 2.34. The molecule has 0 aliphatic heterocycles. The fourth-order valence-electron chi connectivity index (χ4n) is 2.64. The first-order valence-corrected chi connectivity index (χ1v) is 8.47. The van der Waals surface area contributed by atoms with Gasteiger partial charge in [-0.05, 0) is 36.2 Å². The van der Waals surface area contributed by atoms with E-state index in [0.29, 0.717) is 24.3 Å². The van der Waals surface area contributed by atoms with Gasteiger partial charge in [0.1, 0.15) is 0 Å². The Morgan fingerprint density at radius 2 is 1.88 bits per heavy atom. The lowest BCUT2D eigenvalue weighted by atomic mass is 10.1. The molecule has 2 aromatic carbocycles. The van der Waals surface area contributed by atoms with E-state index in [-0.39, 0.29) is 5.91 Å². The lowest BCUT2D eigenvalue weighted by molar-refractivity contribution is 0.0736. The first kappa shape index (κ1) is 17.4. The predicted octanol–water partition coefficient (Wildman–Crippen LogP) is 3.19. The van der Waals surface area contributed by atoms with Crippen LogP contribution >= 0.6 is 0 Å². The molecule has 6 nitrogen and oxygen atoms in total. The van der Waals surface area contributed by atoms with Crippen molar-refractivity contribution in [2.45, 2.75) is 19.9 Å². The molecule has 0 unspecified atom stereocenters. The van der Waals surface area contributed by atoms with Crippen LogP contribution in [0, 0.1) is 11.3 Å². The molecule has 0 bridgehead atoms. The number of hydrogen-bond donors (Lipinski definition) is 0. The van der Waals surface area contributed by atoms with E-state index in [2.05, 4.69) is 16.3 Å². The van der Waals surface area contributed by atoms with Crippen LogP contribution in [0.4, 0.5) is 0 Å². The van der Waals surface area contributed by atoms with Crippen molar-refractivity contribution in [1.29, 1.82) is 5.26 Å². The third kappa shape index (κ3) is 3.95. The van der Waals surface area contributed by atoms with E-state index in [1.165, 1.54) is 11.0 Å². The second-order valence-corrected chi connectivity index (χ2v) is 5.89. The number of carbonyl (C=O) groups excluding carboxylic acids is 1. The molecule has 0 N–H and O–H groups in total. The number of amides is 1. The molecule has 1 heterocycles. The van der Waals surface area contributed by atoms with Gasteiger partial charge in [0.05, 0.1) is 23.5 Å². The Balaban J connectivity index is 1.78. The third-order valence-corrected chi connectivity index (χ3v) is 3.94. The van der Waals surface area contributed by atoms with Crippen LogP contribution in [0.2, 0.25) is 0 Å². The molecule has 3 aromatic rings. The molecule has 0 atom stereocenters. The van der Waals surface area contributed by atoms with Crippen LogP contribution in [0.15, 0.2) is 60.8 Å². The van der Waals surface area contributed by atoms with Crippen LogP contribution in [0.25, 0.3) is 5.69 Å². The Bertz CT molecular complexity index is 909. The molecule has 0 aliphatic rings. The number of benzene rings is 2. The second-order valence-electron chi connectivity index (χ2n) is 5.89. The lowest BCUT2D eigenvalue weighted by Crippen LogP contribution is -2.31. The maximum Gasteiger partial charge on any atom is 0.276 e. The summed E-state index contributed by atoms with van der Waals surface area (Å²) in [6, 6.07) is 18.8. The molecule has 0 radical (unpaired) electrons. The van der Waals surface area contributed by atoms with Crippen LogP contribution in [0.1, 0.15) is 35.0 Å². The quantitative estimate of drug-likeness (QED) is 0.687. The normalized spacial score (nSPS) is 10.3. The van der Waals surface area contributed by atoms with Crippen molar-refractivity contribution < 1.29 is 4.79 Å². The molecule has 0 aliphatic carbocycles. The number of aromatic nitrogens is 3. The zero-order valence-corrected chi connectivity index (χ0v) is 14.5. The summed E-state index contributed by atoms with van der Waals surface area (Å²) < 4.78 is 0. The Hall–Kier alpha value is -3.46. The minimum absolute atomic E-state index is 0.154. The maximum atomic E-state index is 12.9. The first-order valence-electron chi connectivity index (χ1n) is 8.47. The van der Waals surface area contributed by atoms with E-state index in [1.54, 1.807) is 17.0 Å². The highest BCUT2D eigenvalue weighted by atomic mass is 16.2. The summed E-state index contributed by atoms with van der Waals surface area (Å²) >= 11 is 0. The molecule has 0 fully saturated rings. The number of nitriles is 1. The summed E-state index contributed by atoms with van der Waals surface area (Å²) in [5.41, 5.74) is 2.70. The summed E-state index contributed by atoms with van der Waals surface area (Å²) in [7, 11) is 0. The summed E-state index contributed by atoms with van der Waals surface area (Å²) in [4.78, 5) is 16.1. The highest BCUT2D eigenvalue weighted by molar-refractivity contribution is 5.91. The van der Waals surface area contributed by atoms with Gasteiger partial charge in [-0.1, -0.05) is 37.3 Å². The van der Waals surface area contributed by atoms with Crippen LogP contribution < -0.4 is 0 Å². The molecule has 26 heavy (non-hydrogen) atoms. The fourth-order valence-corrected chi connectivity index (χ4v) is 2.64. The van der Waals surface area contributed by atoms with Crippen molar-refractivity contribution in [3.05, 3.63) is 77.6 Å². The summed E-state index contributed by atoms with van der Waals surface area (Å²) in [5.74, 6) is -0.154.